The molecule has 0 aliphatic heterocycles. The average molecular weight is 211 g/mol. The number of hydrogen-bond donors (Lipinski definition) is 1. The summed E-state index contributed by atoms with van der Waals surface area (Å²) in [5.74, 6) is 2.77. The highest BCUT2D eigenvalue weighted by atomic mass is 14.9. The maximum Gasteiger partial charge on any atom is 0.0120 e. The van der Waals surface area contributed by atoms with E-state index in [-0.39, 0.29) is 0 Å². The van der Waals surface area contributed by atoms with E-state index in [4.69, 9.17) is 0 Å². The van der Waals surface area contributed by atoms with Gasteiger partial charge in [-0.1, -0.05) is 46.5 Å². The van der Waals surface area contributed by atoms with Crippen molar-refractivity contribution in [3.8, 4) is 0 Å². The van der Waals surface area contributed by atoms with Gasteiger partial charge in [0.25, 0.3) is 0 Å². The van der Waals surface area contributed by atoms with Gasteiger partial charge in [0.1, 0.15) is 0 Å². The molecule has 3 atom stereocenters. The minimum absolute atomic E-state index is 0.766. The molecule has 0 aromatic heterocycles. The molecule has 3 unspecified atom stereocenters. The molecule has 0 aromatic rings. The van der Waals surface area contributed by atoms with Crippen molar-refractivity contribution in [2.24, 2.45) is 17.8 Å². The van der Waals surface area contributed by atoms with Gasteiger partial charge in [0.2, 0.25) is 0 Å². The van der Waals surface area contributed by atoms with Gasteiger partial charge in [-0.25, -0.2) is 0 Å². The zero-order valence-electron chi connectivity index (χ0n) is 11.1. The Morgan fingerprint density at radius 3 is 2.33 bits per heavy atom. The number of hydrogen-bond acceptors (Lipinski definition) is 1. The Labute approximate surface area is 96.0 Å². The maximum absolute atomic E-state index is 3.59. The maximum atomic E-state index is 3.59. The smallest absolute Gasteiger partial charge is 0.0120 e. The van der Waals surface area contributed by atoms with Crippen LogP contribution < -0.4 is 5.32 Å². The van der Waals surface area contributed by atoms with Gasteiger partial charge in [0, 0.05) is 6.04 Å². The van der Waals surface area contributed by atoms with E-state index >= 15 is 0 Å². The summed E-state index contributed by atoms with van der Waals surface area (Å²) in [4.78, 5) is 0. The summed E-state index contributed by atoms with van der Waals surface area (Å²) in [6.07, 6.45) is 8.45. The third-order valence-corrected chi connectivity index (χ3v) is 4.37. The van der Waals surface area contributed by atoms with Crippen LogP contribution in [0.2, 0.25) is 0 Å². The topological polar surface area (TPSA) is 12.0 Å². The van der Waals surface area contributed by atoms with Crippen LogP contribution in [0.3, 0.4) is 0 Å². The lowest BCUT2D eigenvalue weighted by molar-refractivity contribution is 0.177. The molecule has 0 bridgehead atoms. The van der Waals surface area contributed by atoms with Crippen molar-refractivity contribution < 1.29 is 0 Å². The Morgan fingerprint density at radius 1 is 1.20 bits per heavy atom. The highest BCUT2D eigenvalue weighted by Crippen LogP contribution is 2.34. The van der Waals surface area contributed by atoms with Crippen LogP contribution in [0.5, 0.6) is 0 Å². The second-order valence-electron chi connectivity index (χ2n) is 5.42. The lowest BCUT2D eigenvalue weighted by Crippen LogP contribution is -2.41. The summed E-state index contributed by atoms with van der Waals surface area (Å²) in [6.45, 7) is 7.10. The predicted octanol–water partition coefficient (Wildman–Crippen LogP) is 3.84. The molecule has 15 heavy (non-hydrogen) atoms. The van der Waals surface area contributed by atoms with Crippen molar-refractivity contribution in [3.05, 3.63) is 0 Å². The highest BCUT2D eigenvalue weighted by molar-refractivity contribution is 4.84. The standard InChI is InChI=1S/C14H29N/c1-5-12(6-2)14(15-4)13-9-7-8-11(3)10-13/h11-15H,5-10H2,1-4H3. The molecule has 0 amide bonds. The second kappa shape index (κ2) is 6.52. The third kappa shape index (κ3) is 3.48. The van der Waals surface area contributed by atoms with E-state index in [0.29, 0.717) is 0 Å². The van der Waals surface area contributed by atoms with Crippen molar-refractivity contribution in [3.63, 3.8) is 0 Å². The van der Waals surface area contributed by atoms with E-state index in [1.165, 1.54) is 38.5 Å². The van der Waals surface area contributed by atoms with Crippen molar-refractivity contribution in [1.29, 1.82) is 0 Å². The fraction of sp³-hybridized carbons (Fsp3) is 1.00. The normalized spacial score (nSPS) is 29.4. The molecule has 1 saturated carbocycles. The van der Waals surface area contributed by atoms with Gasteiger partial charge in [0.05, 0.1) is 0 Å². The quantitative estimate of drug-likeness (QED) is 0.728. The van der Waals surface area contributed by atoms with Crippen molar-refractivity contribution in [2.45, 2.75) is 65.3 Å². The molecule has 1 N–H and O–H groups in total. The molecule has 1 rings (SSSR count). The zero-order chi connectivity index (χ0) is 11.3. The van der Waals surface area contributed by atoms with Crippen LogP contribution >= 0.6 is 0 Å². The summed E-state index contributed by atoms with van der Waals surface area (Å²) < 4.78 is 0. The second-order valence-corrected chi connectivity index (χ2v) is 5.42. The van der Waals surface area contributed by atoms with E-state index in [1.807, 2.05) is 0 Å². The van der Waals surface area contributed by atoms with E-state index in [9.17, 15) is 0 Å². The van der Waals surface area contributed by atoms with Gasteiger partial charge in [-0.2, -0.15) is 0 Å². The zero-order valence-corrected chi connectivity index (χ0v) is 11.1. The minimum Gasteiger partial charge on any atom is -0.316 e. The fourth-order valence-corrected chi connectivity index (χ4v) is 3.46. The number of nitrogens with one attached hydrogen (secondary N) is 1. The molecule has 0 saturated heterocycles. The van der Waals surface area contributed by atoms with Crippen LogP contribution in [-0.4, -0.2) is 13.1 Å². The molecule has 0 heterocycles. The third-order valence-electron chi connectivity index (χ3n) is 4.37. The molecule has 1 fully saturated rings. The van der Waals surface area contributed by atoms with E-state index < -0.39 is 0 Å². The molecule has 1 aliphatic carbocycles. The Morgan fingerprint density at radius 2 is 1.87 bits per heavy atom. The van der Waals surface area contributed by atoms with Gasteiger partial charge in [-0.05, 0) is 37.6 Å². The van der Waals surface area contributed by atoms with Gasteiger partial charge in [-0.15, -0.1) is 0 Å². The summed E-state index contributed by atoms with van der Waals surface area (Å²) >= 11 is 0. The summed E-state index contributed by atoms with van der Waals surface area (Å²) in [6, 6.07) is 0.766. The van der Waals surface area contributed by atoms with Gasteiger partial charge in [-0.3, -0.25) is 0 Å². The summed E-state index contributed by atoms with van der Waals surface area (Å²) in [5, 5.41) is 3.59. The predicted molar refractivity (Wildman–Crippen MR) is 68.0 cm³/mol. The van der Waals surface area contributed by atoms with E-state index in [0.717, 1.165) is 23.8 Å². The highest BCUT2D eigenvalue weighted by Gasteiger charge is 2.29. The Kier molecular flexibility index (Phi) is 5.66. The molecule has 0 spiro atoms. The van der Waals surface area contributed by atoms with Crippen LogP contribution in [-0.2, 0) is 0 Å². The van der Waals surface area contributed by atoms with Crippen LogP contribution in [0.15, 0.2) is 0 Å². The minimum atomic E-state index is 0.766. The molecule has 0 aromatic carbocycles. The Hall–Kier alpha value is -0.0400. The van der Waals surface area contributed by atoms with Crippen LogP contribution in [0, 0.1) is 17.8 Å². The fourth-order valence-electron chi connectivity index (χ4n) is 3.46. The van der Waals surface area contributed by atoms with Crippen LogP contribution in [0.25, 0.3) is 0 Å². The summed E-state index contributed by atoms with van der Waals surface area (Å²) in [7, 11) is 2.16. The van der Waals surface area contributed by atoms with Crippen molar-refractivity contribution >= 4 is 0 Å². The first-order chi connectivity index (χ1) is 7.22. The molecule has 1 nitrogen and oxygen atoms in total. The van der Waals surface area contributed by atoms with E-state index in [2.05, 4.69) is 33.1 Å². The van der Waals surface area contributed by atoms with Crippen molar-refractivity contribution in [1.82, 2.24) is 5.32 Å². The van der Waals surface area contributed by atoms with Gasteiger partial charge >= 0.3 is 0 Å². The molecule has 1 aliphatic rings. The molecular formula is C14H29N. The van der Waals surface area contributed by atoms with Crippen molar-refractivity contribution in [2.75, 3.05) is 7.05 Å². The molecular weight excluding hydrogens is 182 g/mol. The largest absolute Gasteiger partial charge is 0.316 e. The summed E-state index contributed by atoms with van der Waals surface area (Å²) in [5.41, 5.74) is 0. The Bertz CT molecular complexity index is 163. The van der Waals surface area contributed by atoms with E-state index in [1.54, 1.807) is 0 Å². The molecule has 90 valence electrons. The lowest BCUT2D eigenvalue weighted by atomic mass is 9.74. The Balaban J connectivity index is 2.55. The molecule has 0 radical (unpaired) electrons. The van der Waals surface area contributed by atoms with Crippen LogP contribution in [0.1, 0.15) is 59.3 Å². The SMILES string of the molecule is CCC(CC)C(NC)C1CCCC(C)C1. The first kappa shape index (κ1) is 13.0. The molecule has 1 heteroatoms. The first-order valence-electron chi connectivity index (χ1n) is 6.90. The average Bonchev–Trinajstić information content (AvgIpc) is 2.25. The van der Waals surface area contributed by atoms with Gasteiger partial charge in [0.15, 0.2) is 0 Å². The lowest BCUT2D eigenvalue weighted by Gasteiger charge is -2.37. The monoisotopic (exact) mass is 211 g/mol. The first-order valence-corrected chi connectivity index (χ1v) is 6.90. The van der Waals surface area contributed by atoms with Crippen LogP contribution in [0.4, 0.5) is 0 Å². The number of rotatable bonds is 5. The van der Waals surface area contributed by atoms with Gasteiger partial charge < -0.3 is 5.32 Å².